The molecule has 0 amide bonds. The van der Waals surface area contributed by atoms with Crippen molar-refractivity contribution < 1.29 is 18.3 Å². The molecule has 150 valence electrons. The molecule has 0 atom stereocenters. The fourth-order valence-corrected chi connectivity index (χ4v) is 4.80. The Bertz CT molecular complexity index is 550. The molecule has 0 aliphatic heterocycles. The Morgan fingerprint density at radius 1 is 0.769 bits per heavy atom. The summed E-state index contributed by atoms with van der Waals surface area (Å²) in [6, 6.07) is 6.09. The number of hydrogen-bond donors (Lipinski definition) is 0. The zero-order chi connectivity index (χ0) is 20.0. The molecule has 0 aromatic heterocycles. The largest absolute Gasteiger partial charge is 0.484 e. The summed E-state index contributed by atoms with van der Waals surface area (Å²) >= 11 is 0. The maximum atomic E-state index is 6.21. The average molecular weight is 383 g/mol. The molecule has 1 aromatic carbocycles. The zero-order valence-corrected chi connectivity index (χ0v) is 19.2. The van der Waals surface area contributed by atoms with Crippen molar-refractivity contribution >= 4 is 13.7 Å². The predicted molar refractivity (Wildman–Crippen MR) is 111 cm³/mol. The molecule has 0 fully saturated rings. The van der Waals surface area contributed by atoms with Crippen molar-refractivity contribution in [2.45, 2.75) is 86.0 Å². The highest BCUT2D eigenvalue weighted by Gasteiger charge is 2.35. The fraction of sp³-hybridized carbons (Fsp3) is 0.714. The molecule has 0 radical (unpaired) electrons. The van der Waals surface area contributed by atoms with Crippen molar-refractivity contribution in [2.24, 2.45) is 0 Å². The van der Waals surface area contributed by atoms with Crippen LogP contribution < -0.4 is 14.7 Å². The van der Waals surface area contributed by atoms with E-state index in [4.69, 9.17) is 18.3 Å². The zero-order valence-electron chi connectivity index (χ0n) is 18.2. The Kier molecular flexibility index (Phi) is 8.18. The lowest BCUT2D eigenvalue weighted by atomic mass is 10.1. The number of hydrogen-bond acceptors (Lipinski definition) is 4. The second-order valence-electron chi connectivity index (χ2n) is 8.73. The van der Waals surface area contributed by atoms with E-state index in [0.717, 1.165) is 29.5 Å². The Hall–Kier alpha value is -1.04. The van der Waals surface area contributed by atoms with Crippen LogP contribution in [0.25, 0.3) is 0 Å². The van der Waals surface area contributed by atoms with E-state index in [9.17, 15) is 0 Å². The molecule has 0 saturated carbocycles. The highest BCUT2D eigenvalue weighted by molar-refractivity contribution is 6.80. The summed E-state index contributed by atoms with van der Waals surface area (Å²) < 4.78 is 24.8. The first-order valence-corrected chi connectivity index (χ1v) is 12.0. The van der Waals surface area contributed by atoms with Crippen molar-refractivity contribution in [1.82, 2.24) is 0 Å². The molecule has 26 heavy (non-hydrogen) atoms. The summed E-state index contributed by atoms with van der Waals surface area (Å²) in [5.41, 5.74) is -0.614. The summed E-state index contributed by atoms with van der Waals surface area (Å²) in [5.74, 6) is 1.49. The number of benzene rings is 1. The highest BCUT2D eigenvalue weighted by Crippen LogP contribution is 2.32. The third kappa shape index (κ3) is 7.68. The van der Waals surface area contributed by atoms with E-state index < -0.39 is 8.56 Å². The SMILES string of the molecule is CCCO[Si](C)(OCCC)c1ccc(OC(C)(C)C)c(OC(C)(C)C)c1. The quantitative estimate of drug-likeness (QED) is 0.552. The van der Waals surface area contributed by atoms with Gasteiger partial charge in [-0.1, -0.05) is 19.9 Å². The van der Waals surface area contributed by atoms with Gasteiger partial charge in [-0.15, -0.1) is 0 Å². The monoisotopic (exact) mass is 382 g/mol. The number of ether oxygens (including phenoxy) is 2. The molecule has 5 heteroatoms. The molecular weight excluding hydrogens is 344 g/mol. The molecule has 0 saturated heterocycles. The van der Waals surface area contributed by atoms with Crippen LogP contribution in [-0.2, 0) is 8.85 Å². The van der Waals surface area contributed by atoms with Crippen molar-refractivity contribution in [2.75, 3.05) is 13.2 Å². The molecule has 0 unspecified atom stereocenters. The minimum atomic E-state index is -2.49. The normalized spacial score (nSPS) is 13.0. The maximum absolute atomic E-state index is 6.21. The van der Waals surface area contributed by atoms with Gasteiger partial charge in [0, 0.05) is 13.2 Å². The van der Waals surface area contributed by atoms with Gasteiger partial charge in [0.25, 0.3) is 0 Å². The topological polar surface area (TPSA) is 36.9 Å². The van der Waals surface area contributed by atoms with Crippen molar-refractivity contribution in [3.63, 3.8) is 0 Å². The van der Waals surface area contributed by atoms with E-state index in [0.29, 0.717) is 13.2 Å². The Balaban J connectivity index is 3.30. The molecule has 0 heterocycles. The summed E-state index contributed by atoms with van der Waals surface area (Å²) in [5, 5.41) is 1.07. The van der Waals surface area contributed by atoms with Gasteiger partial charge in [-0.2, -0.15) is 0 Å². The lowest BCUT2D eigenvalue weighted by Crippen LogP contribution is -2.51. The lowest BCUT2D eigenvalue weighted by Gasteiger charge is -2.30. The summed E-state index contributed by atoms with van der Waals surface area (Å²) in [6.07, 6.45) is 1.93. The smallest absolute Gasteiger partial charge is 0.369 e. The van der Waals surface area contributed by atoms with Crippen LogP contribution in [0, 0.1) is 0 Å². The van der Waals surface area contributed by atoms with Crippen LogP contribution in [0.1, 0.15) is 68.2 Å². The molecule has 0 bridgehead atoms. The fourth-order valence-electron chi connectivity index (χ4n) is 2.42. The first kappa shape index (κ1) is 23.0. The minimum Gasteiger partial charge on any atom is -0.484 e. The van der Waals surface area contributed by atoms with Crippen LogP contribution in [0.15, 0.2) is 18.2 Å². The molecule has 1 rings (SSSR count). The molecule has 4 nitrogen and oxygen atoms in total. The Labute approximate surface area is 161 Å². The average Bonchev–Trinajstić information content (AvgIpc) is 2.50. The molecule has 0 aliphatic carbocycles. The predicted octanol–water partition coefficient (Wildman–Crippen LogP) is 5.17. The summed E-state index contributed by atoms with van der Waals surface area (Å²) in [7, 11) is -2.49. The van der Waals surface area contributed by atoms with Gasteiger partial charge >= 0.3 is 8.56 Å². The van der Waals surface area contributed by atoms with Gasteiger partial charge in [-0.25, -0.2) is 0 Å². The van der Waals surface area contributed by atoms with Gasteiger partial charge in [0.2, 0.25) is 0 Å². The van der Waals surface area contributed by atoms with E-state index in [-0.39, 0.29) is 11.2 Å². The van der Waals surface area contributed by atoms with Gasteiger partial charge in [0.15, 0.2) is 11.5 Å². The van der Waals surface area contributed by atoms with Crippen molar-refractivity contribution in [3.8, 4) is 11.5 Å². The first-order chi connectivity index (χ1) is 11.9. The van der Waals surface area contributed by atoms with Crippen LogP contribution in [0.4, 0.5) is 0 Å². The van der Waals surface area contributed by atoms with Crippen LogP contribution in [-0.4, -0.2) is 33.0 Å². The summed E-state index contributed by atoms with van der Waals surface area (Å²) in [4.78, 5) is 0. The second-order valence-corrected chi connectivity index (χ2v) is 11.8. The van der Waals surface area contributed by atoms with Gasteiger partial charge < -0.3 is 18.3 Å². The van der Waals surface area contributed by atoms with E-state index in [1.807, 2.05) is 53.7 Å². The third-order valence-electron chi connectivity index (χ3n) is 3.46. The standard InChI is InChI=1S/C21H38O4Si/c1-10-14-22-26(9,23-15-11-2)17-12-13-18(24-20(3,4)5)19(16-17)25-21(6,7)8/h12-13,16H,10-11,14-15H2,1-9H3. The first-order valence-electron chi connectivity index (χ1n) is 9.70. The van der Waals surface area contributed by atoms with Crippen molar-refractivity contribution in [1.29, 1.82) is 0 Å². The second kappa shape index (κ2) is 9.24. The van der Waals surface area contributed by atoms with Crippen molar-refractivity contribution in [3.05, 3.63) is 18.2 Å². The van der Waals surface area contributed by atoms with Gasteiger partial charge in [0.05, 0.1) is 0 Å². The van der Waals surface area contributed by atoms with Crippen LogP contribution in [0.3, 0.4) is 0 Å². The van der Waals surface area contributed by atoms with Crippen LogP contribution >= 0.6 is 0 Å². The van der Waals surface area contributed by atoms with E-state index in [1.165, 1.54) is 0 Å². The molecule has 0 N–H and O–H groups in total. The van der Waals surface area contributed by atoms with Crippen LogP contribution in [0.2, 0.25) is 6.55 Å². The Morgan fingerprint density at radius 3 is 1.65 bits per heavy atom. The highest BCUT2D eigenvalue weighted by atomic mass is 28.4. The van der Waals surface area contributed by atoms with E-state index >= 15 is 0 Å². The van der Waals surface area contributed by atoms with Gasteiger partial charge in [0.1, 0.15) is 11.2 Å². The lowest BCUT2D eigenvalue weighted by molar-refractivity contribution is 0.0958. The Morgan fingerprint density at radius 2 is 1.23 bits per heavy atom. The van der Waals surface area contributed by atoms with Crippen LogP contribution in [0.5, 0.6) is 11.5 Å². The third-order valence-corrected chi connectivity index (χ3v) is 6.33. The summed E-state index contributed by atoms with van der Waals surface area (Å²) in [6.45, 7) is 20.0. The van der Waals surface area contributed by atoms with Gasteiger partial charge in [-0.3, -0.25) is 0 Å². The molecule has 0 aliphatic rings. The van der Waals surface area contributed by atoms with E-state index in [1.54, 1.807) is 0 Å². The molecule has 1 aromatic rings. The van der Waals surface area contributed by atoms with Gasteiger partial charge in [-0.05, 0) is 78.3 Å². The maximum Gasteiger partial charge on any atom is 0.369 e. The molecular formula is C21H38O4Si. The number of rotatable bonds is 9. The molecule has 0 spiro atoms. The minimum absolute atomic E-state index is 0.296. The van der Waals surface area contributed by atoms with E-state index in [2.05, 4.69) is 26.5 Å².